The lowest BCUT2D eigenvalue weighted by atomic mass is 10.0. The summed E-state index contributed by atoms with van der Waals surface area (Å²) in [5.74, 6) is 1.15. The normalized spacial score (nSPS) is 24.0. The molecule has 1 saturated carbocycles. The average molecular weight is 274 g/mol. The number of nitrogens with one attached hydrogen (secondary N) is 1. The first kappa shape index (κ1) is 14.4. The second kappa shape index (κ2) is 7.57. The summed E-state index contributed by atoms with van der Waals surface area (Å²) in [6.45, 7) is 2.99. The minimum atomic E-state index is -0.0333. The Labute approximate surface area is 120 Å². The summed E-state index contributed by atoms with van der Waals surface area (Å²) in [6, 6.07) is 13.1. The van der Waals surface area contributed by atoms with Gasteiger partial charge in [-0.3, -0.25) is 0 Å². The fourth-order valence-corrected chi connectivity index (χ4v) is 3.99. The van der Waals surface area contributed by atoms with E-state index >= 15 is 0 Å². The van der Waals surface area contributed by atoms with Crippen LogP contribution in [0.15, 0.2) is 30.3 Å². The minimum absolute atomic E-state index is 0.0333. The van der Waals surface area contributed by atoms with Crippen molar-refractivity contribution in [2.45, 2.75) is 43.4 Å². The van der Waals surface area contributed by atoms with Gasteiger partial charge in [0.15, 0.2) is 0 Å². The molecule has 0 heterocycles. The van der Waals surface area contributed by atoms with Crippen LogP contribution < -0.4 is 5.32 Å². The lowest BCUT2D eigenvalue weighted by Gasteiger charge is -2.21. The third kappa shape index (κ3) is 3.99. The number of nitriles is 1. The van der Waals surface area contributed by atoms with Crippen molar-refractivity contribution < 1.29 is 0 Å². The maximum Gasteiger partial charge on any atom is 0.0837 e. The molecule has 19 heavy (non-hydrogen) atoms. The van der Waals surface area contributed by atoms with Gasteiger partial charge in [-0.25, -0.2) is 0 Å². The van der Waals surface area contributed by atoms with Crippen LogP contribution in [0.1, 0.15) is 37.7 Å². The molecule has 0 spiro atoms. The fourth-order valence-electron chi connectivity index (χ4n) is 2.77. The number of rotatable bonds is 6. The molecule has 3 unspecified atom stereocenters. The molecule has 0 amide bonds. The van der Waals surface area contributed by atoms with Crippen LogP contribution in [0.3, 0.4) is 0 Å². The molecule has 1 aromatic carbocycles. The number of hydrogen-bond donors (Lipinski definition) is 1. The highest BCUT2D eigenvalue weighted by molar-refractivity contribution is 7.99. The van der Waals surface area contributed by atoms with Gasteiger partial charge in [0.05, 0.1) is 12.0 Å². The first-order valence-electron chi connectivity index (χ1n) is 7.14. The predicted octanol–water partition coefficient (Wildman–Crippen LogP) is 3.56. The molecule has 1 aliphatic rings. The van der Waals surface area contributed by atoms with Crippen molar-refractivity contribution in [1.82, 2.24) is 5.32 Å². The van der Waals surface area contributed by atoms with E-state index < -0.39 is 0 Å². The van der Waals surface area contributed by atoms with Crippen molar-refractivity contribution in [3.05, 3.63) is 35.9 Å². The maximum absolute atomic E-state index is 9.33. The molecule has 0 aromatic heterocycles. The van der Waals surface area contributed by atoms with Crippen LogP contribution in [0.2, 0.25) is 0 Å². The third-order valence-electron chi connectivity index (χ3n) is 3.78. The molecule has 1 aromatic rings. The van der Waals surface area contributed by atoms with E-state index in [1.54, 1.807) is 0 Å². The lowest BCUT2D eigenvalue weighted by Crippen LogP contribution is -2.36. The topological polar surface area (TPSA) is 35.8 Å². The summed E-state index contributed by atoms with van der Waals surface area (Å²) >= 11 is 2.06. The molecular formula is C16H22N2S. The predicted molar refractivity (Wildman–Crippen MR) is 82.4 cm³/mol. The zero-order valence-electron chi connectivity index (χ0n) is 11.5. The Morgan fingerprint density at radius 1 is 1.37 bits per heavy atom. The Bertz CT molecular complexity index is 413. The summed E-state index contributed by atoms with van der Waals surface area (Å²) in [6.07, 6.45) is 3.89. The number of nitrogens with zero attached hydrogens (tertiary/aromatic N) is 1. The van der Waals surface area contributed by atoms with Crippen molar-refractivity contribution in [2.24, 2.45) is 0 Å². The van der Waals surface area contributed by atoms with Gasteiger partial charge in [-0.05, 0) is 24.2 Å². The molecule has 0 radical (unpaired) electrons. The van der Waals surface area contributed by atoms with Gasteiger partial charge in [-0.15, -0.1) is 0 Å². The van der Waals surface area contributed by atoms with Gasteiger partial charge in [-0.2, -0.15) is 17.0 Å². The Balaban J connectivity index is 1.88. The van der Waals surface area contributed by atoms with Gasteiger partial charge in [0, 0.05) is 17.8 Å². The van der Waals surface area contributed by atoms with E-state index in [0.717, 1.165) is 17.4 Å². The number of hydrogen-bond acceptors (Lipinski definition) is 3. The van der Waals surface area contributed by atoms with Gasteiger partial charge in [0.25, 0.3) is 0 Å². The van der Waals surface area contributed by atoms with Crippen molar-refractivity contribution in [3.8, 4) is 6.07 Å². The second-order valence-electron chi connectivity index (χ2n) is 5.03. The fraction of sp³-hybridized carbons (Fsp3) is 0.562. The van der Waals surface area contributed by atoms with Gasteiger partial charge >= 0.3 is 0 Å². The highest BCUT2D eigenvalue weighted by Crippen LogP contribution is 2.30. The quantitative estimate of drug-likeness (QED) is 0.861. The Kier molecular flexibility index (Phi) is 5.75. The van der Waals surface area contributed by atoms with E-state index in [-0.39, 0.29) is 5.92 Å². The summed E-state index contributed by atoms with van der Waals surface area (Å²) in [5.41, 5.74) is 1.12. The minimum Gasteiger partial charge on any atom is -0.311 e. The maximum atomic E-state index is 9.33. The van der Waals surface area contributed by atoms with Crippen LogP contribution in [0, 0.1) is 11.3 Å². The molecule has 0 saturated heterocycles. The third-order valence-corrected chi connectivity index (χ3v) is 5.10. The molecule has 3 heteroatoms. The Morgan fingerprint density at radius 2 is 2.16 bits per heavy atom. The van der Waals surface area contributed by atoms with Gasteiger partial charge in [0.2, 0.25) is 0 Å². The van der Waals surface area contributed by atoms with Crippen LogP contribution in [-0.2, 0) is 0 Å². The summed E-state index contributed by atoms with van der Waals surface area (Å²) < 4.78 is 0. The van der Waals surface area contributed by atoms with Crippen LogP contribution in [0.25, 0.3) is 0 Å². The molecule has 0 bridgehead atoms. The number of thioether (sulfide) groups is 1. The lowest BCUT2D eigenvalue weighted by molar-refractivity contribution is 0.521. The summed E-state index contributed by atoms with van der Waals surface area (Å²) in [5, 5.41) is 13.7. The van der Waals surface area contributed by atoms with Crippen LogP contribution in [0.4, 0.5) is 0 Å². The SMILES string of the molecule is CCSC1CCCC1NCC(C#N)c1ccccc1. The zero-order chi connectivity index (χ0) is 13.5. The molecule has 2 rings (SSSR count). The summed E-state index contributed by atoms with van der Waals surface area (Å²) in [4.78, 5) is 0. The zero-order valence-corrected chi connectivity index (χ0v) is 12.3. The molecule has 0 aliphatic heterocycles. The molecule has 1 aliphatic carbocycles. The second-order valence-corrected chi connectivity index (χ2v) is 6.55. The van der Waals surface area contributed by atoms with E-state index in [1.165, 1.54) is 25.0 Å². The number of benzene rings is 1. The first-order valence-corrected chi connectivity index (χ1v) is 8.19. The highest BCUT2D eigenvalue weighted by atomic mass is 32.2. The molecular weight excluding hydrogens is 252 g/mol. The van der Waals surface area contributed by atoms with Crippen LogP contribution in [-0.4, -0.2) is 23.6 Å². The van der Waals surface area contributed by atoms with Gasteiger partial charge in [-0.1, -0.05) is 43.7 Å². The van der Waals surface area contributed by atoms with E-state index in [1.807, 2.05) is 30.3 Å². The average Bonchev–Trinajstić information content (AvgIpc) is 2.89. The van der Waals surface area contributed by atoms with E-state index in [2.05, 4.69) is 30.1 Å². The van der Waals surface area contributed by atoms with E-state index in [9.17, 15) is 5.26 Å². The standard InChI is InChI=1S/C16H22N2S/c1-2-19-16-10-6-9-15(16)18-12-14(11-17)13-7-4-3-5-8-13/h3-5,7-8,14-16,18H,2,6,9-10,12H2,1H3. The van der Waals surface area contributed by atoms with Crippen molar-refractivity contribution in [3.63, 3.8) is 0 Å². The monoisotopic (exact) mass is 274 g/mol. The molecule has 3 atom stereocenters. The van der Waals surface area contributed by atoms with Gasteiger partial charge < -0.3 is 5.32 Å². The molecule has 102 valence electrons. The molecule has 2 nitrogen and oxygen atoms in total. The van der Waals surface area contributed by atoms with Crippen molar-refractivity contribution in [2.75, 3.05) is 12.3 Å². The van der Waals surface area contributed by atoms with Crippen molar-refractivity contribution in [1.29, 1.82) is 5.26 Å². The largest absolute Gasteiger partial charge is 0.311 e. The van der Waals surface area contributed by atoms with Crippen molar-refractivity contribution >= 4 is 11.8 Å². The molecule has 1 fully saturated rings. The Morgan fingerprint density at radius 3 is 2.84 bits per heavy atom. The van der Waals surface area contributed by atoms with E-state index in [0.29, 0.717) is 6.04 Å². The highest BCUT2D eigenvalue weighted by Gasteiger charge is 2.27. The Hall–Kier alpha value is -0.980. The molecule has 1 N–H and O–H groups in total. The van der Waals surface area contributed by atoms with Crippen LogP contribution in [0.5, 0.6) is 0 Å². The van der Waals surface area contributed by atoms with E-state index in [4.69, 9.17) is 0 Å². The summed E-state index contributed by atoms with van der Waals surface area (Å²) in [7, 11) is 0. The van der Waals surface area contributed by atoms with Gasteiger partial charge in [0.1, 0.15) is 0 Å². The smallest absolute Gasteiger partial charge is 0.0837 e. The first-order chi connectivity index (χ1) is 9.35. The van der Waals surface area contributed by atoms with Crippen LogP contribution >= 0.6 is 11.8 Å².